The second-order valence-corrected chi connectivity index (χ2v) is 2.90. The summed E-state index contributed by atoms with van der Waals surface area (Å²) in [5, 5.41) is -1.16. The van der Waals surface area contributed by atoms with Crippen molar-refractivity contribution in [2.45, 2.75) is 6.43 Å². The van der Waals surface area contributed by atoms with E-state index in [-0.39, 0.29) is 0 Å². The number of aromatic amines is 1. The molecule has 82 valence electrons. The van der Waals surface area contributed by atoms with Crippen LogP contribution in [0.5, 0.6) is 5.75 Å². The molecule has 0 radical (unpaired) electrons. The average Bonchev–Trinajstić information content (AvgIpc) is 2.16. The molecule has 15 heavy (non-hydrogen) atoms. The van der Waals surface area contributed by atoms with Crippen molar-refractivity contribution in [3.05, 3.63) is 27.7 Å². The Morgan fingerprint density at radius 1 is 1.60 bits per heavy atom. The summed E-state index contributed by atoms with van der Waals surface area (Å²) >= 11 is 5.10. The highest BCUT2D eigenvalue weighted by Crippen LogP contribution is 2.27. The van der Waals surface area contributed by atoms with Gasteiger partial charge in [0.2, 0.25) is 0 Å². The summed E-state index contributed by atoms with van der Waals surface area (Å²) in [6.07, 6.45) is -2.18. The predicted molar refractivity (Wildman–Crippen MR) is 48.8 cm³/mol. The summed E-state index contributed by atoms with van der Waals surface area (Å²) in [7, 11) is 1.09. The van der Waals surface area contributed by atoms with Crippen molar-refractivity contribution in [2.75, 3.05) is 7.11 Å². The maximum absolute atomic E-state index is 12.4. The molecule has 0 aliphatic heterocycles. The van der Waals surface area contributed by atoms with Gasteiger partial charge in [0.25, 0.3) is 17.2 Å². The topological polar surface area (TPSA) is 59.2 Å². The normalized spacial score (nSPS) is 10.5. The summed E-state index contributed by atoms with van der Waals surface area (Å²) in [6, 6.07) is 0. The van der Waals surface area contributed by atoms with Gasteiger partial charge in [-0.3, -0.25) is 9.59 Å². The minimum absolute atomic E-state index is 0.507. The Labute approximate surface area is 87.8 Å². The molecule has 0 saturated carbocycles. The van der Waals surface area contributed by atoms with Gasteiger partial charge in [0.15, 0.2) is 5.75 Å². The fraction of sp³-hybridized carbons (Fsp3) is 0.250. The number of ether oxygens (including phenoxy) is 1. The van der Waals surface area contributed by atoms with Crippen LogP contribution in [0.4, 0.5) is 8.78 Å². The number of hydrogen-bond acceptors (Lipinski definition) is 3. The molecule has 0 atom stereocenters. The Bertz CT molecular complexity index is 444. The molecule has 0 bridgehead atoms. The van der Waals surface area contributed by atoms with Crippen LogP contribution in [0, 0.1) is 0 Å². The minimum Gasteiger partial charge on any atom is -0.491 e. The van der Waals surface area contributed by atoms with Gasteiger partial charge in [0.05, 0.1) is 12.7 Å². The van der Waals surface area contributed by atoms with Gasteiger partial charge < -0.3 is 9.72 Å². The van der Waals surface area contributed by atoms with Gasteiger partial charge in [-0.1, -0.05) is 0 Å². The van der Waals surface area contributed by atoms with Crippen LogP contribution in [-0.2, 0) is 0 Å². The Kier molecular flexibility index (Phi) is 3.41. The number of pyridine rings is 1. The number of aromatic nitrogens is 1. The zero-order valence-electron chi connectivity index (χ0n) is 7.51. The lowest BCUT2D eigenvalue weighted by molar-refractivity contribution is 0.106. The Morgan fingerprint density at radius 2 is 2.20 bits per heavy atom. The summed E-state index contributed by atoms with van der Waals surface area (Å²) in [4.78, 5) is 24.0. The predicted octanol–water partition coefficient (Wildman–Crippen LogP) is 1.70. The number of carbonyl (C=O) groups is 1. The lowest BCUT2D eigenvalue weighted by Gasteiger charge is -2.08. The van der Waals surface area contributed by atoms with Crippen LogP contribution >= 0.6 is 11.6 Å². The van der Waals surface area contributed by atoms with Gasteiger partial charge in [0.1, 0.15) is 0 Å². The monoisotopic (exact) mass is 237 g/mol. The van der Waals surface area contributed by atoms with E-state index in [1.165, 1.54) is 0 Å². The van der Waals surface area contributed by atoms with Crippen molar-refractivity contribution < 1.29 is 18.3 Å². The largest absolute Gasteiger partial charge is 0.491 e. The van der Waals surface area contributed by atoms with Crippen molar-refractivity contribution >= 4 is 16.8 Å². The van der Waals surface area contributed by atoms with E-state index in [4.69, 9.17) is 11.6 Å². The molecule has 0 aliphatic carbocycles. The maximum atomic E-state index is 12.4. The van der Waals surface area contributed by atoms with Gasteiger partial charge >= 0.3 is 0 Å². The van der Waals surface area contributed by atoms with Crippen molar-refractivity contribution in [2.24, 2.45) is 0 Å². The summed E-state index contributed by atoms with van der Waals surface area (Å²) in [5.41, 5.74) is -2.05. The van der Waals surface area contributed by atoms with Crippen LogP contribution in [0.1, 0.15) is 22.3 Å². The zero-order valence-corrected chi connectivity index (χ0v) is 8.27. The van der Waals surface area contributed by atoms with Crippen molar-refractivity contribution in [1.82, 2.24) is 4.98 Å². The minimum atomic E-state index is -2.92. The fourth-order valence-electron chi connectivity index (χ4n) is 1.10. The molecule has 1 aromatic rings. The fourth-order valence-corrected chi connectivity index (χ4v) is 1.29. The van der Waals surface area contributed by atoms with Crippen LogP contribution < -0.4 is 10.3 Å². The first-order valence-electron chi connectivity index (χ1n) is 3.76. The van der Waals surface area contributed by atoms with Crippen LogP contribution in [0.3, 0.4) is 0 Å². The van der Waals surface area contributed by atoms with E-state index in [0.717, 1.165) is 13.3 Å². The second-order valence-electron chi connectivity index (χ2n) is 2.56. The Balaban J connectivity index is 3.56. The van der Waals surface area contributed by atoms with Crippen molar-refractivity contribution in [3.63, 3.8) is 0 Å². The van der Waals surface area contributed by atoms with Crippen LogP contribution in [-0.4, -0.2) is 17.3 Å². The van der Waals surface area contributed by atoms with Gasteiger partial charge in [-0.2, -0.15) is 0 Å². The van der Waals surface area contributed by atoms with Crippen molar-refractivity contribution in [3.8, 4) is 5.75 Å². The number of rotatable bonds is 3. The second kappa shape index (κ2) is 4.39. The first kappa shape index (κ1) is 11.6. The lowest BCUT2D eigenvalue weighted by atomic mass is 10.1. The first-order chi connectivity index (χ1) is 6.99. The van der Waals surface area contributed by atoms with Gasteiger partial charge in [-0.05, 0) is 11.6 Å². The highest BCUT2D eigenvalue weighted by molar-refractivity contribution is 6.68. The number of methoxy groups -OCH3 is 1. The van der Waals surface area contributed by atoms with Gasteiger partial charge in [-0.25, -0.2) is 8.78 Å². The van der Waals surface area contributed by atoms with E-state index in [2.05, 4.69) is 4.74 Å². The lowest BCUT2D eigenvalue weighted by Crippen LogP contribution is -2.15. The SMILES string of the molecule is COc1c(C(=O)Cl)c(C(F)F)c[nH]c1=O. The van der Waals surface area contributed by atoms with Gasteiger partial charge in [0, 0.05) is 11.8 Å². The molecule has 4 nitrogen and oxygen atoms in total. The third kappa shape index (κ3) is 2.15. The van der Waals surface area contributed by atoms with E-state index in [9.17, 15) is 18.4 Å². The molecule has 0 spiro atoms. The molecule has 1 N–H and O–H groups in total. The molecule has 1 aromatic heterocycles. The molecule has 0 fully saturated rings. The molecular formula is C8H6ClF2NO3. The van der Waals surface area contributed by atoms with Gasteiger partial charge in [-0.15, -0.1) is 0 Å². The number of halogens is 3. The van der Waals surface area contributed by atoms with E-state index >= 15 is 0 Å². The first-order valence-corrected chi connectivity index (χ1v) is 4.14. The standard InChI is InChI=1S/C8H6ClF2NO3/c1-15-5-4(6(9)13)3(7(10)11)2-12-8(5)14/h2,7H,1H3,(H,12,14). The highest BCUT2D eigenvalue weighted by atomic mass is 35.5. The Hall–Kier alpha value is -1.43. The number of alkyl halides is 2. The Morgan fingerprint density at radius 3 is 2.60 bits per heavy atom. The van der Waals surface area contributed by atoms with Crippen LogP contribution in [0.25, 0.3) is 0 Å². The smallest absolute Gasteiger partial charge is 0.291 e. The molecule has 0 unspecified atom stereocenters. The third-order valence-electron chi connectivity index (χ3n) is 1.72. The molecular weight excluding hydrogens is 232 g/mol. The molecule has 1 heterocycles. The summed E-state index contributed by atoms with van der Waals surface area (Å²) in [5.74, 6) is -0.507. The number of carbonyl (C=O) groups excluding carboxylic acids is 1. The number of H-pyrrole nitrogens is 1. The summed E-state index contributed by atoms with van der Waals surface area (Å²) < 4.78 is 29.4. The van der Waals surface area contributed by atoms with Crippen molar-refractivity contribution in [1.29, 1.82) is 0 Å². The molecule has 0 saturated heterocycles. The number of hydrogen-bond donors (Lipinski definition) is 1. The molecule has 7 heteroatoms. The van der Waals surface area contributed by atoms with Crippen LogP contribution in [0.2, 0.25) is 0 Å². The molecule has 1 rings (SSSR count). The van der Waals surface area contributed by atoms with E-state index in [1.807, 2.05) is 4.98 Å². The quantitative estimate of drug-likeness (QED) is 0.814. The van der Waals surface area contributed by atoms with E-state index in [0.29, 0.717) is 0 Å². The molecule has 0 aliphatic rings. The summed E-state index contributed by atoms with van der Waals surface area (Å²) in [6.45, 7) is 0. The molecule has 0 amide bonds. The molecule has 0 aromatic carbocycles. The zero-order chi connectivity index (χ0) is 11.6. The highest BCUT2D eigenvalue weighted by Gasteiger charge is 2.23. The third-order valence-corrected chi connectivity index (χ3v) is 1.91. The van der Waals surface area contributed by atoms with E-state index < -0.39 is 34.1 Å². The van der Waals surface area contributed by atoms with Crippen LogP contribution in [0.15, 0.2) is 11.0 Å². The van der Waals surface area contributed by atoms with E-state index in [1.54, 1.807) is 0 Å². The maximum Gasteiger partial charge on any atom is 0.291 e. The number of nitrogens with one attached hydrogen (secondary N) is 1. The average molecular weight is 238 g/mol.